The van der Waals surface area contributed by atoms with Gasteiger partial charge in [0.25, 0.3) is 0 Å². The predicted molar refractivity (Wildman–Crippen MR) is 44.4 cm³/mol. The van der Waals surface area contributed by atoms with Crippen LogP contribution in [0.1, 0.15) is 6.92 Å². The molecule has 1 rings (SSSR count). The van der Waals surface area contributed by atoms with E-state index in [1.54, 1.807) is 0 Å². The number of hydrogen-bond acceptors (Lipinski definition) is 5. The molecule has 0 amide bonds. The van der Waals surface area contributed by atoms with Crippen LogP contribution >= 0.6 is 7.82 Å². The minimum Gasteiger partial charge on any atom is -0.388 e. The molecule has 1 saturated heterocycles. The van der Waals surface area contributed by atoms with Gasteiger partial charge in [-0.25, -0.2) is 8.96 Å². The summed E-state index contributed by atoms with van der Waals surface area (Å²) in [6, 6.07) is 0. The Morgan fingerprint density at radius 1 is 1.33 bits per heavy atom. The third-order valence-electron chi connectivity index (χ3n) is 2.01. The Morgan fingerprint density at radius 2 is 1.87 bits per heavy atom. The molecule has 5 atom stereocenters. The SMILES string of the molecule is CC1O[C@@H](OP(=O)(O)O)C(F)C(O)[C@@H]1O. The van der Waals surface area contributed by atoms with Crippen molar-refractivity contribution in [2.45, 2.75) is 37.7 Å². The molecule has 1 fully saturated rings. The molecule has 1 heterocycles. The highest BCUT2D eigenvalue weighted by Crippen LogP contribution is 2.41. The van der Waals surface area contributed by atoms with Crippen LogP contribution in [0.2, 0.25) is 0 Å². The van der Waals surface area contributed by atoms with Crippen molar-refractivity contribution in [3.8, 4) is 0 Å². The number of phosphoric acid groups is 1. The van der Waals surface area contributed by atoms with Crippen molar-refractivity contribution in [3.05, 3.63) is 0 Å². The number of aliphatic hydroxyl groups is 2. The van der Waals surface area contributed by atoms with Crippen LogP contribution in [0.25, 0.3) is 0 Å². The molecule has 9 heteroatoms. The van der Waals surface area contributed by atoms with Crippen molar-refractivity contribution in [2.24, 2.45) is 0 Å². The van der Waals surface area contributed by atoms with E-state index in [1.165, 1.54) is 6.92 Å². The van der Waals surface area contributed by atoms with Gasteiger partial charge >= 0.3 is 7.82 Å². The molecule has 0 aliphatic carbocycles. The van der Waals surface area contributed by atoms with Crippen molar-refractivity contribution >= 4 is 7.82 Å². The molecule has 1 aliphatic heterocycles. The fraction of sp³-hybridized carbons (Fsp3) is 1.00. The van der Waals surface area contributed by atoms with Crippen molar-refractivity contribution in [1.82, 2.24) is 0 Å². The zero-order valence-electron chi connectivity index (χ0n) is 7.73. The Kier molecular flexibility index (Phi) is 3.83. The van der Waals surface area contributed by atoms with Crippen molar-refractivity contribution in [2.75, 3.05) is 0 Å². The van der Waals surface area contributed by atoms with E-state index in [1.807, 2.05) is 0 Å². The van der Waals surface area contributed by atoms with Gasteiger partial charge in [-0.2, -0.15) is 0 Å². The highest BCUT2D eigenvalue weighted by atomic mass is 31.2. The second-order valence-electron chi connectivity index (χ2n) is 3.23. The van der Waals surface area contributed by atoms with E-state index in [0.717, 1.165) is 0 Å². The number of rotatable bonds is 2. The summed E-state index contributed by atoms with van der Waals surface area (Å²) in [6.07, 6.45) is -8.35. The summed E-state index contributed by atoms with van der Waals surface area (Å²) in [5.41, 5.74) is 0. The van der Waals surface area contributed by atoms with Gasteiger partial charge in [0.05, 0.1) is 6.10 Å². The van der Waals surface area contributed by atoms with Gasteiger partial charge < -0.3 is 24.7 Å². The summed E-state index contributed by atoms with van der Waals surface area (Å²) in [5, 5.41) is 18.3. The quantitative estimate of drug-likeness (QED) is 0.457. The van der Waals surface area contributed by atoms with Crippen LogP contribution < -0.4 is 0 Å². The smallest absolute Gasteiger partial charge is 0.388 e. The highest BCUT2D eigenvalue weighted by molar-refractivity contribution is 7.46. The Labute approximate surface area is 84.7 Å². The second kappa shape index (κ2) is 4.42. The minimum atomic E-state index is -4.90. The number of ether oxygens (including phenoxy) is 1. The molecule has 7 nitrogen and oxygen atoms in total. The highest BCUT2D eigenvalue weighted by Gasteiger charge is 2.46. The first-order valence-corrected chi connectivity index (χ1v) is 5.65. The summed E-state index contributed by atoms with van der Waals surface area (Å²) < 4.78 is 32.2. The van der Waals surface area contributed by atoms with Gasteiger partial charge in [-0.1, -0.05) is 0 Å². The third kappa shape index (κ3) is 3.18. The Morgan fingerprint density at radius 3 is 2.33 bits per heavy atom. The van der Waals surface area contributed by atoms with E-state index in [0.29, 0.717) is 0 Å². The first-order chi connectivity index (χ1) is 6.72. The average molecular weight is 246 g/mol. The van der Waals surface area contributed by atoms with Crippen LogP contribution in [0.5, 0.6) is 0 Å². The van der Waals surface area contributed by atoms with Crippen molar-refractivity contribution in [1.29, 1.82) is 0 Å². The largest absolute Gasteiger partial charge is 0.472 e. The molecule has 0 aromatic carbocycles. The molecule has 0 spiro atoms. The molecular weight excluding hydrogens is 234 g/mol. The van der Waals surface area contributed by atoms with Crippen LogP contribution in [0.4, 0.5) is 4.39 Å². The lowest BCUT2D eigenvalue weighted by Gasteiger charge is -2.37. The number of halogens is 1. The topological polar surface area (TPSA) is 116 Å². The van der Waals surface area contributed by atoms with Gasteiger partial charge in [-0.15, -0.1) is 0 Å². The van der Waals surface area contributed by atoms with Crippen LogP contribution in [-0.4, -0.2) is 50.8 Å². The lowest BCUT2D eigenvalue weighted by atomic mass is 10.0. The monoisotopic (exact) mass is 246 g/mol. The first kappa shape index (κ1) is 13.0. The molecule has 0 aromatic rings. The molecule has 0 aromatic heterocycles. The molecule has 4 N–H and O–H groups in total. The maximum Gasteiger partial charge on any atom is 0.472 e. The minimum absolute atomic E-state index is 0.983. The van der Waals surface area contributed by atoms with Gasteiger partial charge in [0.15, 0.2) is 6.17 Å². The fourth-order valence-corrected chi connectivity index (χ4v) is 1.65. The van der Waals surface area contributed by atoms with Gasteiger partial charge in [-0.05, 0) is 6.92 Å². The lowest BCUT2D eigenvalue weighted by Crippen LogP contribution is -2.55. The Bertz CT molecular complexity index is 268. The van der Waals surface area contributed by atoms with E-state index in [2.05, 4.69) is 9.26 Å². The molecule has 15 heavy (non-hydrogen) atoms. The number of phosphoric ester groups is 1. The van der Waals surface area contributed by atoms with Crippen molar-refractivity contribution in [3.63, 3.8) is 0 Å². The maximum absolute atomic E-state index is 13.2. The Balaban J connectivity index is 2.71. The zero-order chi connectivity index (χ0) is 11.8. The van der Waals surface area contributed by atoms with Crippen LogP contribution in [-0.2, 0) is 13.8 Å². The molecule has 0 saturated carbocycles. The second-order valence-corrected chi connectivity index (χ2v) is 4.42. The molecule has 90 valence electrons. The third-order valence-corrected chi connectivity index (χ3v) is 2.49. The summed E-state index contributed by atoms with van der Waals surface area (Å²) in [4.78, 5) is 16.8. The molecule has 3 unspecified atom stereocenters. The van der Waals surface area contributed by atoms with E-state index >= 15 is 0 Å². The zero-order valence-corrected chi connectivity index (χ0v) is 8.62. The van der Waals surface area contributed by atoms with Crippen LogP contribution in [0, 0.1) is 0 Å². The number of hydrogen-bond donors (Lipinski definition) is 4. The van der Waals surface area contributed by atoms with Crippen molar-refractivity contribution < 1.29 is 38.2 Å². The summed E-state index contributed by atoms with van der Waals surface area (Å²) in [7, 11) is -4.90. The van der Waals surface area contributed by atoms with E-state index in [9.17, 15) is 8.96 Å². The van der Waals surface area contributed by atoms with Gasteiger partial charge in [0.1, 0.15) is 12.2 Å². The molecule has 1 aliphatic rings. The van der Waals surface area contributed by atoms with E-state index in [-0.39, 0.29) is 0 Å². The predicted octanol–water partition coefficient (Wildman–Crippen LogP) is -1.10. The van der Waals surface area contributed by atoms with E-state index in [4.69, 9.17) is 20.0 Å². The Hall–Kier alpha value is -0.0800. The standard InChI is InChI=1S/C6H12FO7P/c1-2-4(8)5(9)3(7)6(13-2)14-15(10,11)12/h2-6,8-9H,1H3,(H2,10,11,12)/t2?,3?,4-,5?,6+/m1/s1. The normalized spacial score (nSPS) is 42.9. The number of aliphatic hydroxyl groups excluding tert-OH is 2. The summed E-state index contributed by atoms with van der Waals surface area (Å²) in [6.45, 7) is 1.32. The molecule has 0 bridgehead atoms. The van der Waals surface area contributed by atoms with Gasteiger partial charge in [-0.3, -0.25) is 4.52 Å². The fourth-order valence-electron chi connectivity index (χ4n) is 1.21. The first-order valence-electron chi connectivity index (χ1n) is 4.12. The van der Waals surface area contributed by atoms with Crippen LogP contribution in [0.3, 0.4) is 0 Å². The van der Waals surface area contributed by atoms with Crippen LogP contribution in [0.15, 0.2) is 0 Å². The van der Waals surface area contributed by atoms with Gasteiger partial charge in [0.2, 0.25) is 6.29 Å². The van der Waals surface area contributed by atoms with E-state index < -0.39 is 38.6 Å². The maximum atomic E-state index is 13.2. The summed E-state index contributed by atoms with van der Waals surface area (Å²) >= 11 is 0. The molecule has 0 radical (unpaired) electrons. The average Bonchev–Trinajstić information content (AvgIpc) is 2.08. The molecular formula is C6H12FO7P. The lowest BCUT2D eigenvalue weighted by molar-refractivity contribution is -0.254. The summed E-state index contributed by atoms with van der Waals surface area (Å²) in [5.74, 6) is 0. The van der Waals surface area contributed by atoms with Gasteiger partial charge in [0, 0.05) is 0 Å². The number of alkyl halides is 1.